The summed E-state index contributed by atoms with van der Waals surface area (Å²) in [5.41, 5.74) is 2.56. The van der Waals surface area contributed by atoms with E-state index in [0.717, 1.165) is 30.0 Å². The Morgan fingerprint density at radius 1 is 1.06 bits per heavy atom. The first-order chi connectivity index (χ1) is 15.4. The predicted octanol–water partition coefficient (Wildman–Crippen LogP) is 4.22. The van der Waals surface area contributed by atoms with Gasteiger partial charge in [0.2, 0.25) is 0 Å². The molecule has 0 bridgehead atoms. The van der Waals surface area contributed by atoms with E-state index in [-0.39, 0.29) is 17.3 Å². The van der Waals surface area contributed by atoms with Crippen LogP contribution in [0.3, 0.4) is 0 Å². The lowest BCUT2D eigenvalue weighted by atomic mass is 10.1. The zero-order valence-corrected chi connectivity index (χ0v) is 17.8. The molecule has 1 fully saturated rings. The molecule has 0 spiro atoms. The highest BCUT2D eigenvalue weighted by molar-refractivity contribution is 7.90. The second-order valence-electron chi connectivity index (χ2n) is 7.85. The van der Waals surface area contributed by atoms with E-state index in [9.17, 15) is 17.6 Å². The molecule has 1 N–H and O–H groups in total. The Morgan fingerprint density at radius 3 is 2.50 bits per heavy atom. The number of amides is 1. The van der Waals surface area contributed by atoms with Gasteiger partial charge in [-0.15, -0.1) is 0 Å². The predicted molar refractivity (Wildman–Crippen MR) is 118 cm³/mol. The topological polar surface area (TPSA) is 81.1 Å². The van der Waals surface area contributed by atoms with Gasteiger partial charge in [-0.25, -0.2) is 16.8 Å². The third kappa shape index (κ3) is 3.78. The number of carbonyl (C=O) groups excluding carboxylic acids is 1. The van der Waals surface area contributed by atoms with Gasteiger partial charge >= 0.3 is 0 Å². The van der Waals surface area contributed by atoms with E-state index in [4.69, 9.17) is 0 Å². The molecule has 1 aliphatic carbocycles. The summed E-state index contributed by atoms with van der Waals surface area (Å²) in [6.07, 6.45) is 4.96. The van der Waals surface area contributed by atoms with Crippen LogP contribution in [0, 0.1) is 5.82 Å². The van der Waals surface area contributed by atoms with Crippen LogP contribution in [0.25, 0.3) is 10.9 Å². The van der Waals surface area contributed by atoms with Crippen molar-refractivity contribution in [2.45, 2.75) is 30.2 Å². The second kappa shape index (κ2) is 7.87. The molecule has 6 nitrogen and oxygen atoms in total. The van der Waals surface area contributed by atoms with Gasteiger partial charge in [0, 0.05) is 17.1 Å². The van der Waals surface area contributed by atoms with Crippen molar-refractivity contribution < 1.29 is 17.6 Å². The number of para-hydroxylation sites is 1. The van der Waals surface area contributed by atoms with E-state index in [1.165, 1.54) is 40.4 Å². The van der Waals surface area contributed by atoms with Crippen molar-refractivity contribution in [2.75, 3.05) is 0 Å². The van der Waals surface area contributed by atoms with Crippen molar-refractivity contribution in [3.63, 3.8) is 0 Å². The van der Waals surface area contributed by atoms with Gasteiger partial charge in [-0.2, -0.15) is 0 Å². The molecule has 162 valence electrons. The molecule has 4 aromatic rings. The first kappa shape index (κ1) is 20.4. The van der Waals surface area contributed by atoms with Crippen LogP contribution in [0.4, 0.5) is 4.39 Å². The summed E-state index contributed by atoms with van der Waals surface area (Å²) in [7, 11) is -3.81. The highest BCUT2D eigenvalue weighted by Crippen LogP contribution is 2.44. The van der Waals surface area contributed by atoms with E-state index in [0.29, 0.717) is 22.7 Å². The molecule has 1 amide bonds. The van der Waals surface area contributed by atoms with Crippen LogP contribution in [-0.2, 0) is 16.6 Å². The summed E-state index contributed by atoms with van der Waals surface area (Å²) in [5.74, 6) is -0.405. The summed E-state index contributed by atoms with van der Waals surface area (Å²) >= 11 is 0. The summed E-state index contributed by atoms with van der Waals surface area (Å²) in [6, 6.07) is 16.1. The zero-order valence-electron chi connectivity index (χ0n) is 17.0. The molecule has 0 aliphatic heterocycles. The lowest BCUT2D eigenvalue weighted by Crippen LogP contribution is -2.23. The number of nitrogens with one attached hydrogen (secondary N) is 1. The van der Waals surface area contributed by atoms with E-state index in [1.807, 2.05) is 24.3 Å². The SMILES string of the molecule is O=C(NCc1ccc(F)cn1)c1ccc(S(=O)(=O)n2cc(C3CC3)c3ccccc32)cc1. The standard InChI is InChI=1S/C24H20FN3O3S/c25-18-9-10-19(26-13-18)14-27-24(29)17-7-11-20(12-8-17)32(30,31)28-15-22(16-5-6-16)21-3-1-2-4-23(21)28/h1-4,7-13,15-16H,5-6,14H2,(H,27,29). The largest absolute Gasteiger partial charge is 0.346 e. The van der Waals surface area contributed by atoms with Crippen molar-refractivity contribution in [1.29, 1.82) is 0 Å². The van der Waals surface area contributed by atoms with Gasteiger partial charge < -0.3 is 5.32 Å². The fourth-order valence-electron chi connectivity index (χ4n) is 3.77. The molecule has 0 atom stereocenters. The number of nitrogens with zero attached hydrogens (tertiary/aromatic N) is 2. The third-order valence-corrected chi connectivity index (χ3v) is 7.31. The van der Waals surface area contributed by atoms with Gasteiger partial charge in [0.1, 0.15) is 5.82 Å². The second-order valence-corrected chi connectivity index (χ2v) is 9.67. The molecule has 5 rings (SSSR count). The average molecular weight is 450 g/mol. The maximum atomic E-state index is 13.3. The van der Waals surface area contributed by atoms with Crippen molar-refractivity contribution >= 4 is 26.8 Å². The minimum atomic E-state index is -3.81. The maximum Gasteiger partial charge on any atom is 0.268 e. The Hall–Kier alpha value is -3.52. The fourth-order valence-corrected chi connectivity index (χ4v) is 5.15. The normalized spacial score (nSPS) is 13.9. The van der Waals surface area contributed by atoms with Crippen LogP contribution >= 0.6 is 0 Å². The number of carbonyl (C=O) groups is 1. The number of rotatable bonds is 6. The Morgan fingerprint density at radius 2 is 1.81 bits per heavy atom. The first-order valence-corrected chi connectivity index (χ1v) is 11.7. The molecular weight excluding hydrogens is 429 g/mol. The van der Waals surface area contributed by atoms with Crippen LogP contribution in [0.2, 0.25) is 0 Å². The third-order valence-electron chi connectivity index (χ3n) is 5.62. The number of halogens is 1. The fraction of sp³-hybridized carbons (Fsp3) is 0.167. The van der Waals surface area contributed by atoms with Crippen LogP contribution in [-0.4, -0.2) is 23.3 Å². The number of aromatic nitrogens is 2. The summed E-state index contributed by atoms with van der Waals surface area (Å²) in [6.45, 7) is 0.137. The Kier molecular flexibility index (Phi) is 5.01. The molecule has 0 unspecified atom stereocenters. The number of benzene rings is 2. The summed E-state index contributed by atoms with van der Waals surface area (Å²) in [5, 5.41) is 3.65. The molecule has 0 saturated heterocycles. The molecule has 1 aliphatic rings. The van der Waals surface area contributed by atoms with Gasteiger partial charge in [-0.05, 0) is 66.8 Å². The molecule has 2 heterocycles. The Labute approximate surface area is 184 Å². The van der Waals surface area contributed by atoms with Crippen LogP contribution in [0.5, 0.6) is 0 Å². The molecule has 32 heavy (non-hydrogen) atoms. The lowest BCUT2D eigenvalue weighted by Gasteiger charge is -2.09. The van der Waals surface area contributed by atoms with Crippen molar-refractivity contribution in [1.82, 2.24) is 14.3 Å². The lowest BCUT2D eigenvalue weighted by molar-refractivity contribution is 0.0950. The van der Waals surface area contributed by atoms with Gasteiger partial charge in [-0.1, -0.05) is 18.2 Å². The molecule has 1 saturated carbocycles. The van der Waals surface area contributed by atoms with Crippen molar-refractivity contribution in [3.8, 4) is 0 Å². The molecule has 0 radical (unpaired) electrons. The minimum absolute atomic E-state index is 0.109. The van der Waals surface area contributed by atoms with Crippen LogP contribution in [0.1, 0.15) is 40.4 Å². The molecular formula is C24H20FN3O3S. The van der Waals surface area contributed by atoms with Crippen molar-refractivity contribution in [2.24, 2.45) is 0 Å². The highest BCUT2D eigenvalue weighted by Gasteiger charge is 2.30. The Bertz CT molecular complexity index is 1410. The number of pyridine rings is 1. The number of fused-ring (bicyclic) bond motifs is 1. The van der Waals surface area contributed by atoms with E-state index in [2.05, 4.69) is 10.3 Å². The quantitative estimate of drug-likeness (QED) is 0.478. The van der Waals surface area contributed by atoms with Crippen LogP contribution in [0.15, 0.2) is 78.0 Å². The highest BCUT2D eigenvalue weighted by atomic mass is 32.2. The number of hydrogen-bond donors (Lipinski definition) is 1. The van der Waals surface area contributed by atoms with E-state index in [1.54, 1.807) is 6.20 Å². The van der Waals surface area contributed by atoms with E-state index >= 15 is 0 Å². The maximum absolute atomic E-state index is 13.3. The summed E-state index contributed by atoms with van der Waals surface area (Å²) in [4.78, 5) is 16.4. The minimum Gasteiger partial charge on any atom is -0.346 e. The molecule has 2 aromatic heterocycles. The average Bonchev–Trinajstić information content (AvgIpc) is 3.58. The van der Waals surface area contributed by atoms with Gasteiger partial charge in [0.05, 0.1) is 28.8 Å². The molecule has 2 aromatic carbocycles. The molecule has 8 heteroatoms. The Balaban J connectivity index is 1.38. The smallest absolute Gasteiger partial charge is 0.268 e. The zero-order chi connectivity index (χ0) is 22.3. The van der Waals surface area contributed by atoms with Gasteiger partial charge in [-0.3, -0.25) is 9.78 Å². The monoisotopic (exact) mass is 449 g/mol. The summed E-state index contributed by atoms with van der Waals surface area (Å²) < 4.78 is 41.0. The van der Waals surface area contributed by atoms with Gasteiger partial charge in [0.15, 0.2) is 0 Å². The van der Waals surface area contributed by atoms with Crippen molar-refractivity contribution in [3.05, 3.63) is 95.7 Å². The van der Waals surface area contributed by atoms with Gasteiger partial charge in [0.25, 0.3) is 15.9 Å². The van der Waals surface area contributed by atoms with Crippen LogP contribution < -0.4 is 5.32 Å². The van der Waals surface area contributed by atoms with E-state index < -0.39 is 15.8 Å². The number of hydrogen-bond acceptors (Lipinski definition) is 4. The first-order valence-electron chi connectivity index (χ1n) is 10.3.